The highest BCUT2D eigenvalue weighted by molar-refractivity contribution is 5.51. The fourth-order valence-corrected chi connectivity index (χ4v) is 3.09. The summed E-state index contributed by atoms with van der Waals surface area (Å²) in [6.45, 7) is 11.5. The first-order valence-corrected chi connectivity index (χ1v) is 8.47. The van der Waals surface area contributed by atoms with E-state index in [1.807, 2.05) is 12.4 Å². The molecule has 3 heterocycles. The van der Waals surface area contributed by atoms with Gasteiger partial charge in [-0.3, -0.25) is 9.88 Å². The molecule has 0 N–H and O–H groups in total. The lowest BCUT2D eigenvalue weighted by Gasteiger charge is -2.24. The molecule has 0 radical (unpaired) electrons. The Hall–Kier alpha value is -1.88. The Bertz CT molecular complexity index is 637. The van der Waals surface area contributed by atoms with Crippen molar-refractivity contribution in [2.45, 2.75) is 39.7 Å². The first-order valence-electron chi connectivity index (χ1n) is 8.47. The molecule has 0 amide bonds. The van der Waals surface area contributed by atoms with E-state index in [0.29, 0.717) is 5.92 Å². The summed E-state index contributed by atoms with van der Waals surface area (Å²) in [5.74, 6) is 1.39. The summed E-state index contributed by atoms with van der Waals surface area (Å²) in [7, 11) is 0. The fraction of sp³-hybridized carbons (Fsp3) is 0.556. The minimum Gasteiger partial charge on any atom is -0.370 e. The highest BCUT2D eigenvalue weighted by atomic mass is 16.5. The van der Waals surface area contributed by atoms with Crippen molar-refractivity contribution in [3.63, 3.8) is 0 Å². The van der Waals surface area contributed by atoms with Gasteiger partial charge in [-0.15, -0.1) is 0 Å². The zero-order valence-electron chi connectivity index (χ0n) is 14.3. The van der Waals surface area contributed by atoms with Crippen LogP contribution in [0.25, 0.3) is 0 Å². The minimum absolute atomic E-state index is 0.418. The fourth-order valence-electron chi connectivity index (χ4n) is 3.09. The topological polar surface area (TPSA) is 45.4 Å². The Balaban J connectivity index is 1.61. The van der Waals surface area contributed by atoms with Gasteiger partial charge in [0, 0.05) is 50.3 Å². The second kappa shape index (κ2) is 7.13. The van der Waals surface area contributed by atoms with Gasteiger partial charge in [-0.1, -0.05) is 19.0 Å². The van der Waals surface area contributed by atoms with Crippen molar-refractivity contribution in [1.29, 1.82) is 0 Å². The van der Waals surface area contributed by atoms with Crippen LogP contribution >= 0.6 is 0 Å². The highest BCUT2D eigenvalue weighted by Crippen LogP contribution is 2.21. The molecule has 3 rings (SSSR count). The molecule has 2 aromatic heterocycles. The third-order valence-corrected chi connectivity index (χ3v) is 4.47. The standard InChI is InChI=1S/C18H26N4O/c1-14(2)17-11-16(23-20-17)13-21-7-4-8-22(10-9-21)18-5-6-19-12-15(18)3/h5-6,11-12,14H,4,7-10,13H2,1-3H3. The van der Waals surface area contributed by atoms with Gasteiger partial charge in [0.15, 0.2) is 5.76 Å². The summed E-state index contributed by atoms with van der Waals surface area (Å²) in [4.78, 5) is 9.12. The lowest BCUT2D eigenvalue weighted by Crippen LogP contribution is -2.30. The summed E-state index contributed by atoms with van der Waals surface area (Å²) in [5, 5.41) is 4.16. The molecule has 1 fully saturated rings. The Morgan fingerprint density at radius 3 is 2.83 bits per heavy atom. The van der Waals surface area contributed by atoms with E-state index >= 15 is 0 Å². The number of nitrogens with zero attached hydrogens (tertiary/aromatic N) is 4. The van der Waals surface area contributed by atoms with E-state index in [-0.39, 0.29) is 0 Å². The van der Waals surface area contributed by atoms with Crippen LogP contribution in [0.1, 0.15) is 43.2 Å². The van der Waals surface area contributed by atoms with E-state index in [9.17, 15) is 0 Å². The number of hydrogen-bond acceptors (Lipinski definition) is 5. The zero-order valence-corrected chi connectivity index (χ0v) is 14.3. The number of aromatic nitrogens is 2. The van der Waals surface area contributed by atoms with E-state index in [0.717, 1.165) is 50.6 Å². The highest BCUT2D eigenvalue weighted by Gasteiger charge is 2.18. The monoisotopic (exact) mass is 314 g/mol. The van der Waals surface area contributed by atoms with Crippen molar-refractivity contribution >= 4 is 5.69 Å². The maximum atomic E-state index is 5.49. The molecule has 23 heavy (non-hydrogen) atoms. The second-order valence-corrected chi connectivity index (χ2v) is 6.65. The minimum atomic E-state index is 0.418. The maximum absolute atomic E-state index is 5.49. The van der Waals surface area contributed by atoms with Gasteiger partial charge in [0.05, 0.1) is 12.2 Å². The van der Waals surface area contributed by atoms with Crippen molar-refractivity contribution in [3.05, 3.63) is 41.5 Å². The van der Waals surface area contributed by atoms with Gasteiger partial charge in [-0.2, -0.15) is 0 Å². The van der Waals surface area contributed by atoms with Gasteiger partial charge in [-0.25, -0.2) is 0 Å². The van der Waals surface area contributed by atoms with Gasteiger partial charge < -0.3 is 9.42 Å². The summed E-state index contributed by atoms with van der Waals surface area (Å²) in [6.07, 6.45) is 4.99. The van der Waals surface area contributed by atoms with Crippen LogP contribution in [0.15, 0.2) is 29.0 Å². The van der Waals surface area contributed by atoms with Crippen LogP contribution in [0, 0.1) is 6.92 Å². The van der Waals surface area contributed by atoms with Crippen LogP contribution in [-0.4, -0.2) is 41.2 Å². The quantitative estimate of drug-likeness (QED) is 0.867. The van der Waals surface area contributed by atoms with Gasteiger partial charge >= 0.3 is 0 Å². The predicted molar refractivity (Wildman–Crippen MR) is 91.7 cm³/mol. The summed E-state index contributed by atoms with van der Waals surface area (Å²) >= 11 is 0. The molecule has 0 aromatic carbocycles. The molecule has 1 aliphatic heterocycles. The second-order valence-electron chi connectivity index (χ2n) is 6.65. The van der Waals surface area contributed by atoms with Gasteiger partial charge in [0.2, 0.25) is 0 Å². The normalized spacial score (nSPS) is 16.8. The Kier molecular flexibility index (Phi) is 4.96. The van der Waals surface area contributed by atoms with Crippen LogP contribution < -0.4 is 4.90 Å². The van der Waals surface area contributed by atoms with Crippen molar-refractivity contribution in [1.82, 2.24) is 15.0 Å². The van der Waals surface area contributed by atoms with Crippen molar-refractivity contribution in [2.75, 3.05) is 31.1 Å². The van der Waals surface area contributed by atoms with E-state index < -0.39 is 0 Å². The van der Waals surface area contributed by atoms with Gasteiger partial charge in [-0.05, 0) is 30.9 Å². The molecule has 0 atom stereocenters. The molecule has 0 unspecified atom stereocenters. The Morgan fingerprint density at radius 1 is 1.22 bits per heavy atom. The van der Waals surface area contributed by atoms with E-state index in [1.54, 1.807) is 0 Å². The maximum Gasteiger partial charge on any atom is 0.150 e. The molecule has 1 saturated heterocycles. The van der Waals surface area contributed by atoms with E-state index in [2.05, 4.69) is 52.8 Å². The number of hydrogen-bond donors (Lipinski definition) is 0. The zero-order chi connectivity index (χ0) is 16.2. The summed E-state index contributed by atoms with van der Waals surface area (Å²) in [5.41, 5.74) is 3.60. The molecular weight excluding hydrogens is 288 g/mol. The average molecular weight is 314 g/mol. The number of anilines is 1. The van der Waals surface area contributed by atoms with Crippen LogP contribution in [-0.2, 0) is 6.54 Å². The van der Waals surface area contributed by atoms with Crippen LogP contribution in [0.5, 0.6) is 0 Å². The van der Waals surface area contributed by atoms with Crippen LogP contribution in [0.2, 0.25) is 0 Å². The molecule has 0 aliphatic carbocycles. The number of pyridine rings is 1. The van der Waals surface area contributed by atoms with Gasteiger partial charge in [0.1, 0.15) is 0 Å². The number of rotatable bonds is 4. The Morgan fingerprint density at radius 2 is 2.09 bits per heavy atom. The molecule has 0 saturated carbocycles. The van der Waals surface area contributed by atoms with Crippen LogP contribution in [0.4, 0.5) is 5.69 Å². The number of aryl methyl sites for hydroxylation is 1. The smallest absolute Gasteiger partial charge is 0.150 e. The first kappa shape index (κ1) is 16.0. The molecule has 0 spiro atoms. The van der Waals surface area contributed by atoms with Crippen molar-refractivity contribution in [3.8, 4) is 0 Å². The SMILES string of the molecule is Cc1cnccc1N1CCCN(Cc2cc(C(C)C)no2)CC1. The molecule has 5 nitrogen and oxygen atoms in total. The van der Waals surface area contributed by atoms with E-state index in [4.69, 9.17) is 4.52 Å². The molecule has 1 aliphatic rings. The van der Waals surface area contributed by atoms with Crippen molar-refractivity contribution in [2.24, 2.45) is 0 Å². The molecule has 5 heteroatoms. The predicted octanol–water partition coefficient (Wildman–Crippen LogP) is 3.21. The first-order chi connectivity index (χ1) is 11.1. The van der Waals surface area contributed by atoms with Crippen LogP contribution in [0.3, 0.4) is 0 Å². The largest absolute Gasteiger partial charge is 0.370 e. The average Bonchev–Trinajstić information content (AvgIpc) is 2.88. The van der Waals surface area contributed by atoms with Crippen molar-refractivity contribution < 1.29 is 4.52 Å². The molecular formula is C18H26N4O. The summed E-state index contributed by atoms with van der Waals surface area (Å²) < 4.78 is 5.49. The Labute approximate surface area is 138 Å². The van der Waals surface area contributed by atoms with Gasteiger partial charge in [0.25, 0.3) is 0 Å². The van der Waals surface area contributed by atoms with E-state index in [1.165, 1.54) is 11.3 Å². The lowest BCUT2D eigenvalue weighted by atomic mass is 10.1. The molecule has 0 bridgehead atoms. The molecule has 124 valence electrons. The lowest BCUT2D eigenvalue weighted by molar-refractivity contribution is 0.244. The summed E-state index contributed by atoms with van der Waals surface area (Å²) in [6, 6.07) is 4.22. The third kappa shape index (κ3) is 3.91. The molecule has 2 aromatic rings. The third-order valence-electron chi connectivity index (χ3n) is 4.47.